The molecule has 116 valence electrons. The lowest BCUT2D eigenvalue weighted by atomic mass is 9.82. The van der Waals surface area contributed by atoms with Crippen LogP contribution in [0.25, 0.3) is 0 Å². The van der Waals surface area contributed by atoms with E-state index in [9.17, 15) is 0 Å². The molecule has 0 fully saturated rings. The first-order chi connectivity index (χ1) is 9.04. The summed E-state index contributed by atoms with van der Waals surface area (Å²) in [5, 5.41) is 3.60. The van der Waals surface area contributed by atoms with Crippen molar-refractivity contribution in [2.75, 3.05) is 40.0 Å². The minimum absolute atomic E-state index is 0.366. The van der Waals surface area contributed by atoms with Crippen LogP contribution in [0.4, 0.5) is 0 Å². The van der Waals surface area contributed by atoms with Gasteiger partial charge in [0, 0.05) is 33.5 Å². The van der Waals surface area contributed by atoms with Crippen molar-refractivity contribution in [1.82, 2.24) is 5.32 Å². The molecule has 0 saturated carbocycles. The van der Waals surface area contributed by atoms with Gasteiger partial charge in [-0.1, -0.05) is 34.1 Å². The first-order valence-electron chi connectivity index (χ1n) is 7.81. The molecule has 0 radical (unpaired) electrons. The van der Waals surface area contributed by atoms with Gasteiger partial charge < -0.3 is 14.8 Å². The van der Waals surface area contributed by atoms with Crippen LogP contribution >= 0.6 is 0 Å². The second-order valence-electron chi connectivity index (χ2n) is 6.29. The highest BCUT2D eigenvalue weighted by Gasteiger charge is 2.22. The summed E-state index contributed by atoms with van der Waals surface area (Å²) < 4.78 is 10.7. The Morgan fingerprint density at radius 2 is 1.84 bits per heavy atom. The summed E-state index contributed by atoms with van der Waals surface area (Å²) in [5.41, 5.74) is 0.366. The van der Waals surface area contributed by atoms with E-state index in [1.54, 1.807) is 7.11 Å². The number of hydrogen-bond acceptors (Lipinski definition) is 3. The number of rotatable bonds is 13. The zero-order valence-electron chi connectivity index (χ0n) is 13.8. The molecule has 0 aliphatic rings. The number of ether oxygens (including phenoxy) is 2. The van der Waals surface area contributed by atoms with Gasteiger partial charge in [-0.3, -0.25) is 0 Å². The Bertz CT molecular complexity index is 197. The summed E-state index contributed by atoms with van der Waals surface area (Å²) >= 11 is 0. The lowest BCUT2D eigenvalue weighted by Gasteiger charge is -2.30. The Kier molecular flexibility index (Phi) is 11.6. The SMILES string of the molecule is CCCC(C)(CCOCCCOC)CNCC(C)C. The van der Waals surface area contributed by atoms with Crippen molar-refractivity contribution in [1.29, 1.82) is 0 Å². The molecule has 0 amide bonds. The molecular weight excluding hydrogens is 238 g/mol. The van der Waals surface area contributed by atoms with E-state index in [2.05, 4.69) is 33.0 Å². The van der Waals surface area contributed by atoms with Crippen molar-refractivity contribution in [3.8, 4) is 0 Å². The topological polar surface area (TPSA) is 30.5 Å². The highest BCUT2D eigenvalue weighted by atomic mass is 16.5. The fourth-order valence-electron chi connectivity index (χ4n) is 2.29. The fourth-order valence-corrected chi connectivity index (χ4v) is 2.29. The van der Waals surface area contributed by atoms with E-state index in [0.29, 0.717) is 5.41 Å². The predicted octanol–water partition coefficient (Wildman–Crippen LogP) is 3.48. The van der Waals surface area contributed by atoms with E-state index in [1.165, 1.54) is 12.8 Å². The zero-order valence-corrected chi connectivity index (χ0v) is 13.8. The summed E-state index contributed by atoms with van der Waals surface area (Å²) in [6.07, 6.45) is 4.63. The molecule has 0 spiro atoms. The molecule has 0 aliphatic carbocycles. The average molecular weight is 273 g/mol. The molecule has 0 saturated heterocycles. The van der Waals surface area contributed by atoms with Gasteiger partial charge in [-0.15, -0.1) is 0 Å². The quantitative estimate of drug-likeness (QED) is 0.521. The average Bonchev–Trinajstić information content (AvgIpc) is 2.33. The lowest BCUT2D eigenvalue weighted by Crippen LogP contribution is -2.34. The molecule has 3 heteroatoms. The Morgan fingerprint density at radius 1 is 1.11 bits per heavy atom. The van der Waals surface area contributed by atoms with Gasteiger partial charge in [-0.25, -0.2) is 0 Å². The molecule has 0 aromatic heterocycles. The molecule has 0 rings (SSSR count). The van der Waals surface area contributed by atoms with Gasteiger partial charge in [0.25, 0.3) is 0 Å². The van der Waals surface area contributed by atoms with Gasteiger partial charge in [0.2, 0.25) is 0 Å². The second-order valence-corrected chi connectivity index (χ2v) is 6.29. The number of nitrogens with one attached hydrogen (secondary N) is 1. The van der Waals surface area contributed by atoms with Crippen LogP contribution in [0.15, 0.2) is 0 Å². The largest absolute Gasteiger partial charge is 0.385 e. The van der Waals surface area contributed by atoms with Gasteiger partial charge >= 0.3 is 0 Å². The third kappa shape index (κ3) is 11.4. The van der Waals surface area contributed by atoms with Gasteiger partial charge in [0.05, 0.1) is 0 Å². The maximum atomic E-state index is 5.70. The summed E-state index contributed by atoms with van der Waals surface area (Å²) in [5.74, 6) is 0.719. The van der Waals surface area contributed by atoms with Crippen LogP contribution in [0.1, 0.15) is 53.4 Å². The molecule has 0 heterocycles. The standard InChI is InChI=1S/C16H35NO2/c1-6-8-16(4,14-17-13-15(2)3)9-12-19-11-7-10-18-5/h15,17H,6-14H2,1-5H3. The molecule has 0 bridgehead atoms. The first-order valence-corrected chi connectivity index (χ1v) is 7.81. The Labute approximate surface area is 120 Å². The summed E-state index contributed by atoms with van der Waals surface area (Å²) in [6, 6.07) is 0. The smallest absolute Gasteiger partial charge is 0.0487 e. The number of methoxy groups -OCH3 is 1. The lowest BCUT2D eigenvalue weighted by molar-refractivity contribution is 0.0767. The van der Waals surface area contributed by atoms with Gasteiger partial charge in [0.15, 0.2) is 0 Å². The van der Waals surface area contributed by atoms with Crippen molar-refractivity contribution in [3.63, 3.8) is 0 Å². The van der Waals surface area contributed by atoms with Crippen LogP contribution in [0.3, 0.4) is 0 Å². The van der Waals surface area contributed by atoms with Crippen LogP contribution in [-0.2, 0) is 9.47 Å². The minimum atomic E-state index is 0.366. The zero-order chi connectivity index (χ0) is 14.6. The van der Waals surface area contributed by atoms with Crippen LogP contribution < -0.4 is 5.32 Å². The molecule has 0 aromatic carbocycles. The van der Waals surface area contributed by atoms with Crippen LogP contribution in [0.5, 0.6) is 0 Å². The molecule has 1 atom stereocenters. The molecule has 0 aliphatic heterocycles. The fraction of sp³-hybridized carbons (Fsp3) is 1.00. The first kappa shape index (κ1) is 18.9. The Hall–Kier alpha value is -0.120. The molecule has 1 unspecified atom stereocenters. The minimum Gasteiger partial charge on any atom is -0.385 e. The monoisotopic (exact) mass is 273 g/mol. The van der Waals surface area contributed by atoms with Crippen LogP contribution in [0, 0.1) is 11.3 Å². The van der Waals surface area contributed by atoms with E-state index >= 15 is 0 Å². The van der Waals surface area contributed by atoms with Gasteiger partial charge in [-0.2, -0.15) is 0 Å². The van der Waals surface area contributed by atoms with Gasteiger partial charge in [0.1, 0.15) is 0 Å². The molecular formula is C16H35NO2. The second kappa shape index (κ2) is 11.7. The van der Waals surface area contributed by atoms with E-state index in [-0.39, 0.29) is 0 Å². The van der Waals surface area contributed by atoms with Gasteiger partial charge in [-0.05, 0) is 37.1 Å². The maximum Gasteiger partial charge on any atom is 0.0487 e. The van der Waals surface area contributed by atoms with Crippen molar-refractivity contribution in [3.05, 3.63) is 0 Å². The highest BCUT2D eigenvalue weighted by molar-refractivity contribution is 4.76. The molecule has 0 aromatic rings. The number of hydrogen-bond donors (Lipinski definition) is 1. The van der Waals surface area contributed by atoms with E-state index in [0.717, 1.165) is 51.7 Å². The van der Waals surface area contributed by atoms with Crippen molar-refractivity contribution in [2.45, 2.75) is 53.4 Å². The summed E-state index contributed by atoms with van der Waals surface area (Å²) in [4.78, 5) is 0. The summed E-state index contributed by atoms with van der Waals surface area (Å²) in [6.45, 7) is 13.8. The van der Waals surface area contributed by atoms with E-state index in [1.807, 2.05) is 0 Å². The third-order valence-electron chi connectivity index (χ3n) is 3.45. The highest BCUT2D eigenvalue weighted by Crippen LogP contribution is 2.26. The maximum absolute atomic E-state index is 5.70. The Morgan fingerprint density at radius 3 is 2.42 bits per heavy atom. The third-order valence-corrected chi connectivity index (χ3v) is 3.45. The Balaban J connectivity index is 3.81. The van der Waals surface area contributed by atoms with Crippen molar-refractivity contribution in [2.24, 2.45) is 11.3 Å². The van der Waals surface area contributed by atoms with E-state index < -0.39 is 0 Å². The van der Waals surface area contributed by atoms with Crippen LogP contribution in [0.2, 0.25) is 0 Å². The summed E-state index contributed by atoms with van der Waals surface area (Å²) in [7, 11) is 1.73. The van der Waals surface area contributed by atoms with Crippen molar-refractivity contribution >= 4 is 0 Å². The molecule has 19 heavy (non-hydrogen) atoms. The molecule has 1 N–H and O–H groups in total. The van der Waals surface area contributed by atoms with Crippen molar-refractivity contribution < 1.29 is 9.47 Å². The predicted molar refractivity (Wildman–Crippen MR) is 82.7 cm³/mol. The molecule has 3 nitrogen and oxygen atoms in total. The normalized spacial score (nSPS) is 14.8. The van der Waals surface area contributed by atoms with E-state index in [4.69, 9.17) is 9.47 Å². The van der Waals surface area contributed by atoms with Crippen LogP contribution in [-0.4, -0.2) is 40.0 Å².